The lowest BCUT2D eigenvalue weighted by atomic mass is 10.1. The van der Waals surface area contributed by atoms with Crippen molar-refractivity contribution in [1.29, 1.82) is 0 Å². The van der Waals surface area contributed by atoms with Crippen LogP contribution in [0.1, 0.15) is 28.9 Å². The Kier molecular flexibility index (Phi) is 4.74. The maximum absolute atomic E-state index is 12.5. The van der Waals surface area contributed by atoms with Crippen LogP contribution in [0.3, 0.4) is 0 Å². The van der Waals surface area contributed by atoms with Gasteiger partial charge in [0.05, 0.1) is 17.3 Å². The molecule has 4 heterocycles. The first-order chi connectivity index (χ1) is 16.0. The van der Waals surface area contributed by atoms with Crippen molar-refractivity contribution in [2.75, 3.05) is 18.4 Å². The van der Waals surface area contributed by atoms with Crippen molar-refractivity contribution < 1.29 is 9.90 Å². The number of carbonyl (C=O) groups excluding carboxylic acids is 1. The molecule has 2 N–H and O–H groups in total. The van der Waals surface area contributed by atoms with Crippen LogP contribution in [0.4, 0.5) is 11.6 Å². The Bertz CT molecular complexity index is 1350. The van der Waals surface area contributed by atoms with Gasteiger partial charge in [0.2, 0.25) is 11.9 Å². The number of aryl methyl sites for hydroxylation is 1. The van der Waals surface area contributed by atoms with E-state index in [2.05, 4.69) is 25.3 Å². The van der Waals surface area contributed by atoms with Crippen molar-refractivity contribution in [3.8, 4) is 5.82 Å². The van der Waals surface area contributed by atoms with Crippen molar-refractivity contribution in [2.24, 2.45) is 5.92 Å². The summed E-state index contributed by atoms with van der Waals surface area (Å²) in [5, 5.41) is 18.4. The predicted molar refractivity (Wildman–Crippen MR) is 124 cm³/mol. The predicted octanol–water partition coefficient (Wildman–Crippen LogP) is 2.90. The number of nitrogens with zero attached hydrogens (tertiary/aromatic N) is 6. The maximum atomic E-state index is 12.5. The summed E-state index contributed by atoms with van der Waals surface area (Å²) in [6.45, 7) is 4.16. The van der Waals surface area contributed by atoms with Crippen LogP contribution in [0.5, 0.6) is 0 Å². The summed E-state index contributed by atoms with van der Waals surface area (Å²) in [4.78, 5) is 23.6. The van der Waals surface area contributed by atoms with Gasteiger partial charge in [-0.2, -0.15) is 10.1 Å². The van der Waals surface area contributed by atoms with Gasteiger partial charge in [0.1, 0.15) is 0 Å². The van der Waals surface area contributed by atoms with Gasteiger partial charge in [0.25, 0.3) is 0 Å². The van der Waals surface area contributed by atoms with E-state index < -0.39 is 0 Å². The highest BCUT2D eigenvalue weighted by Crippen LogP contribution is 2.32. The van der Waals surface area contributed by atoms with E-state index in [9.17, 15) is 9.90 Å². The molecule has 1 saturated carbocycles. The molecule has 3 aromatic heterocycles. The summed E-state index contributed by atoms with van der Waals surface area (Å²) in [6.07, 6.45) is 7.31. The molecular weight excluding hydrogens is 418 g/mol. The highest BCUT2D eigenvalue weighted by atomic mass is 16.3. The van der Waals surface area contributed by atoms with Crippen molar-refractivity contribution >= 4 is 28.4 Å². The van der Waals surface area contributed by atoms with Gasteiger partial charge in [-0.25, -0.2) is 9.67 Å². The molecule has 2 aliphatic rings. The van der Waals surface area contributed by atoms with Crippen LogP contribution >= 0.6 is 0 Å². The van der Waals surface area contributed by atoms with Crippen LogP contribution < -0.4 is 5.32 Å². The molecule has 1 aliphatic heterocycles. The van der Waals surface area contributed by atoms with E-state index in [0.717, 1.165) is 47.2 Å². The van der Waals surface area contributed by atoms with E-state index in [1.54, 1.807) is 15.4 Å². The second kappa shape index (κ2) is 7.79. The molecule has 1 aromatic carbocycles. The van der Waals surface area contributed by atoms with Crippen LogP contribution in [0, 0.1) is 12.8 Å². The number of β-amino-alcohol motifs (C(OH)–C–C–N with tert-alkyl or cyclic N) is 1. The molecule has 33 heavy (non-hydrogen) atoms. The molecule has 1 aliphatic carbocycles. The minimum atomic E-state index is -0.215. The lowest BCUT2D eigenvalue weighted by Gasteiger charge is -2.35. The van der Waals surface area contributed by atoms with Gasteiger partial charge in [-0.15, -0.1) is 0 Å². The molecule has 0 bridgehead atoms. The number of fused-ring (bicyclic) bond motifs is 1. The molecule has 9 heteroatoms. The van der Waals surface area contributed by atoms with Crippen molar-refractivity contribution in [2.45, 2.75) is 32.4 Å². The largest absolute Gasteiger partial charge is 0.390 e. The molecule has 9 nitrogen and oxygen atoms in total. The van der Waals surface area contributed by atoms with Crippen molar-refractivity contribution in [3.63, 3.8) is 0 Å². The Morgan fingerprint density at radius 1 is 1.21 bits per heavy atom. The van der Waals surface area contributed by atoms with Gasteiger partial charge >= 0.3 is 0 Å². The first kappa shape index (κ1) is 20.1. The SMILES string of the molecule is Cc1nn(-c2ccnc(Nc3ccc4c(ccn4C(=O)C4CC4)c3)n2)cc1CN1CC(O)C1. The minimum Gasteiger partial charge on any atom is -0.390 e. The first-order valence-corrected chi connectivity index (χ1v) is 11.2. The van der Waals surface area contributed by atoms with Crippen LogP contribution in [-0.2, 0) is 6.54 Å². The van der Waals surface area contributed by atoms with E-state index in [0.29, 0.717) is 24.9 Å². The van der Waals surface area contributed by atoms with Gasteiger partial charge in [-0.3, -0.25) is 14.3 Å². The summed E-state index contributed by atoms with van der Waals surface area (Å²) >= 11 is 0. The average Bonchev–Trinajstić information content (AvgIpc) is 3.46. The van der Waals surface area contributed by atoms with Crippen molar-refractivity contribution in [3.05, 3.63) is 60.2 Å². The number of aromatic nitrogens is 5. The summed E-state index contributed by atoms with van der Waals surface area (Å²) in [7, 11) is 0. The van der Waals surface area contributed by atoms with Crippen LogP contribution in [-0.4, -0.2) is 59.4 Å². The minimum absolute atomic E-state index is 0.179. The molecule has 1 saturated heterocycles. The number of aliphatic hydroxyl groups is 1. The Labute approximate surface area is 190 Å². The number of hydrogen-bond donors (Lipinski definition) is 2. The van der Waals surface area contributed by atoms with Crippen LogP contribution in [0.15, 0.2) is 48.9 Å². The summed E-state index contributed by atoms with van der Waals surface area (Å²) in [6, 6.07) is 9.68. The van der Waals surface area contributed by atoms with Gasteiger partial charge in [-0.1, -0.05) is 0 Å². The quantitative estimate of drug-likeness (QED) is 0.473. The average molecular weight is 444 g/mol. The Morgan fingerprint density at radius 2 is 2.06 bits per heavy atom. The fraction of sp³-hybridized carbons (Fsp3) is 0.333. The van der Waals surface area contributed by atoms with E-state index in [1.165, 1.54) is 0 Å². The zero-order valence-electron chi connectivity index (χ0n) is 18.3. The molecule has 0 radical (unpaired) electrons. The molecule has 4 aromatic rings. The first-order valence-electron chi connectivity index (χ1n) is 11.2. The van der Waals surface area contributed by atoms with Crippen LogP contribution in [0.25, 0.3) is 16.7 Å². The smallest absolute Gasteiger partial charge is 0.234 e. The number of nitrogens with one attached hydrogen (secondary N) is 1. The molecule has 6 rings (SSSR count). The van der Waals surface area contributed by atoms with E-state index in [4.69, 9.17) is 0 Å². The number of carbonyl (C=O) groups is 1. The van der Waals surface area contributed by atoms with E-state index >= 15 is 0 Å². The monoisotopic (exact) mass is 443 g/mol. The molecule has 168 valence electrons. The highest BCUT2D eigenvalue weighted by Gasteiger charge is 2.31. The van der Waals surface area contributed by atoms with Crippen molar-refractivity contribution in [1.82, 2.24) is 29.2 Å². The second-order valence-corrected chi connectivity index (χ2v) is 8.97. The number of benzene rings is 1. The lowest BCUT2D eigenvalue weighted by molar-refractivity contribution is -0.00297. The summed E-state index contributed by atoms with van der Waals surface area (Å²) < 4.78 is 3.52. The van der Waals surface area contributed by atoms with Gasteiger partial charge < -0.3 is 10.4 Å². The molecule has 0 atom stereocenters. The van der Waals surface area contributed by atoms with Gasteiger partial charge in [0, 0.05) is 66.8 Å². The fourth-order valence-electron chi connectivity index (χ4n) is 4.29. The van der Waals surface area contributed by atoms with Gasteiger partial charge in [-0.05, 0) is 44.0 Å². The number of hydrogen-bond acceptors (Lipinski definition) is 7. The molecule has 2 fully saturated rings. The van der Waals surface area contributed by atoms with E-state index in [-0.39, 0.29) is 17.9 Å². The van der Waals surface area contributed by atoms with E-state index in [1.807, 2.05) is 49.6 Å². The molecule has 0 amide bonds. The Morgan fingerprint density at radius 3 is 2.85 bits per heavy atom. The van der Waals surface area contributed by atoms with Gasteiger partial charge in [0.15, 0.2) is 5.82 Å². The fourth-order valence-corrected chi connectivity index (χ4v) is 4.29. The number of rotatable bonds is 6. The second-order valence-electron chi connectivity index (χ2n) is 8.97. The third kappa shape index (κ3) is 3.90. The molecule has 0 unspecified atom stereocenters. The molecular formula is C24H25N7O2. The maximum Gasteiger partial charge on any atom is 0.234 e. The molecule has 0 spiro atoms. The zero-order valence-corrected chi connectivity index (χ0v) is 18.3. The highest BCUT2D eigenvalue weighted by molar-refractivity contribution is 5.95. The summed E-state index contributed by atoms with van der Waals surface area (Å²) in [5.41, 5.74) is 3.83. The Balaban J connectivity index is 1.21. The zero-order chi connectivity index (χ0) is 22.5. The lowest BCUT2D eigenvalue weighted by Crippen LogP contribution is -2.49. The number of anilines is 2. The number of aliphatic hydroxyl groups excluding tert-OH is 1. The Hall–Kier alpha value is -3.56. The topological polar surface area (TPSA) is 101 Å². The third-order valence-electron chi connectivity index (χ3n) is 6.32. The standard InChI is InChI=1S/C24H25N7O2/c1-15-18(11-29-13-20(32)14-29)12-31(28-15)22-6-8-25-24(27-22)26-19-4-5-21-17(10-19)7-9-30(21)23(33)16-2-3-16/h4-10,12,16,20,32H,2-3,11,13-14H2,1H3,(H,25,26,27). The normalized spacial score (nSPS) is 16.8. The van der Waals surface area contributed by atoms with Crippen LogP contribution in [0.2, 0.25) is 0 Å². The number of likely N-dealkylation sites (tertiary alicyclic amines) is 1. The third-order valence-corrected chi connectivity index (χ3v) is 6.32. The summed E-state index contributed by atoms with van der Waals surface area (Å²) in [5.74, 6) is 1.51.